The SMILES string of the molecule is C#C.O=C(c1ccccc1)c1ccc([N+](=O)[O-])cc1. The highest BCUT2D eigenvalue weighted by Gasteiger charge is 2.10. The number of benzene rings is 2. The fourth-order valence-corrected chi connectivity index (χ4v) is 1.49. The first-order valence-corrected chi connectivity index (χ1v) is 5.36. The van der Waals surface area contributed by atoms with Crippen LogP contribution < -0.4 is 0 Å². The van der Waals surface area contributed by atoms with E-state index in [0.717, 1.165) is 0 Å². The topological polar surface area (TPSA) is 60.2 Å². The van der Waals surface area contributed by atoms with E-state index in [1.54, 1.807) is 24.3 Å². The molecule has 0 unspecified atom stereocenters. The Morgan fingerprint density at radius 3 is 1.84 bits per heavy atom. The Labute approximate surface area is 110 Å². The molecular formula is C15H11NO3. The second kappa shape index (κ2) is 6.72. The number of hydrogen-bond donors (Lipinski definition) is 0. The number of nitrogens with zero attached hydrogens (tertiary/aromatic N) is 1. The standard InChI is InChI=1S/C13H9NO3.C2H2/c15-13(10-4-2-1-3-5-10)11-6-8-12(9-7-11)14(16)17;1-2/h1-9H;1-2H. The number of ketones is 1. The summed E-state index contributed by atoms with van der Waals surface area (Å²) in [5, 5.41) is 10.5. The molecule has 94 valence electrons. The summed E-state index contributed by atoms with van der Waals surface area (Å²) in [7, 11) is 0. The van der Waals surface area contributed by atoms with Gasteiger partial charge in [0.15, 0.2) is 5.78 Å². The van der Waals surface area contributed by atoms with Crippen molar-refractivity contribution in [2.45, 2.75) is 0 Å². The van der Waals surface area contributed by atoms with Crippen LogP contribution in [0.5, 0.6) is 0 Å². The minimum Gasteiger partial charge on any atom is -0.289 e. The molecule has 0 fully saturated rings. The maximum absolute atomic E-state index is 12.0. The van der Waals surface area contributed by atoms with Crippen molar-refractivity contribution < 1.29 is 9.72 Å². The predicted octanol–water partition coefficient (Wildman–Crippen LogP) is 3.08. The monoisotopic (exact) mass is 253 g/mol. The smallest absolute Gasteiger partial charge is 0.269 e. The van der Waals surface area contributed by atoms with E-state index in [2.05, 4.69) is 12.8 Å². The van der Waals surface area contributed by atoms with E-state index in [0.29, 0.717) is 11.1 Å². The number of terminal acetylenes is 1. The summed E-state index contributed by atoms with van der Waals surface area (Å²) >= 11 is 0. The molecule has 19 heavy (non-hydrogen) atoms. The van der Waals surface area contributed by atoms with Gasteiger partial charge in [-0.3, -0.25) is 14.9 Å². The van der Waals surface area contributed by atoms with Crippen LogP contribution in [0.15, 0.2) is 54.6 Å². The van der Waals surface area contributed by atoms with Gasteiger partial charge in [0.2, 0.25) is 0 Å². The van der Waals surface area contributed by atoms with Gasteiger partial charge >= 0.3 is 0 Å². The molecule has 0 spiro atoms. The number of hydrogen-bond acceptors (Lipinski definition) is 3. The number of nitro benzene ring substituents is 1. The number of non-ortho nitro benzene ring substituents is 1. The maximum atomic E-state index is 12.0. The van der Waals surface area contributed by atoms with Crippen LogP contribution in [0.3, 0.4) is 0 Å². The van der Waals surface area contributed by atoms with Gasteiger partial charge in [0, 0.05) is 23.3 Å². The fourth-order valence-electron chi connectivity index (χ4n) is 1.49. The molecule has 0 aliphatic heterocycles. The number of nitro groups is 1. The quantitative estimate of drug-likeness (QED) is 0.365. The molecular weight excluding hydrogens is 242 g/mol. The third-order valence-corrected chi connectivity index (χ3v) is 2.38. The van der Waals surface area contributed by atoms with E-state index in [9.17, 15) is 14.9 Å². The van der Waals surface area contributed by atoms with Gasteiger partial charge in [-0.05, 0) is 12.1 Å². The molecule has 0 heterocycles. The predicted molar refractivity (Wildman–Crippen MR) is 72.9 cm³/mol. The van der Waals surface area contributed by atoms with Crippen molar-refractivity contribution in [3.05, 3.63) is 75.8 Å². The lowest BCUT2D eigenvalue weighted by atomic mass is 10.0. The first kappa shape index (κ1) is 14.1. The molecule has 0 radical (unpaired) electrons. The van der Waals surface area contributed by atoms with Crippen molar-refractivity contribution in [3.8, 4) is 12.8 Å². The van der Waals surface area contributed by atoms with Gasteiger partial charge in [-0.25, -0.2) is 0 Å². The molecule has 0 aliphatic rings. The van der Waals surface area contributed by atoms with Gasteiger partial charge in [0.25, 0.3) is 5.69 Å². The minimum atomic E-state index is -0.489. The highest BCUT2D eigenvalue weighted by atomic mass is 16.6. The first-order valence-electron chi connectivity index (χ1n) is 5.36. The average molecular weight is 253 g/mol. The van der Waals surface area contributed by atoms with Crippen LogP contribution in [0, 0.1) is 23.0 Å². The van der Waals surface area contributed by atoms with Crippen LogP contribution >= 0.6 is 0 Å². The van der Waals surface area contributed by atoms with E-state index < -0.39 is 4.92 Å². The van der Waals surface area contributed by atoms with Crippen LogP contribution in [0.4, 0.5) is 5.69 Å². The Hall–Kier alpha value is -2.93. The number of carbonyl (C=O) groups is 1. The molecule has 0 saturated heterocycles. The number of rotatable bonds is 3. The molecule has 4 heteroatoms. The zero-order chi connectivity index (χ0) is 14.3. The third kappa shape index (κ3) is 3.51. The lowest BCUT2D eigenvalue weighted by Crippen LogP contribution is -2.00. The van der Waals surface area contributed by atoms with Crippen molar-refractivity contribution in [1.82, 2.24) is 0 Å². The third-order valence-electron chi connectivity index (χ3n) is 2.38. The molecule has 0 aliphatic carbocycles. The van der Waals surface area contributed by atoms with Crippen molar-refractivity contribution >= 4 is 11.5 Å². The van der Waals surface area contributed by atoms with E-state index >= 15 is 0 Å². The van der Waals surface area contributed by atoms with Crippen molar-refractivity contribution in [1.29, 1.82) is 0 Å². The largest absolute Gasteiger partial charge is 0.289 e. The zero-order valence-corrected chi connectivity index (χ0v) is 10.0. The Morgan fingerprint density at radius 2 is 1.37 bits per heavy atom. The Balaban J connectivity index is 0.000000861. The summed E-state index contributed by atoms with van der Waals surface area (Å²) in [5.41, 5.74) is 0.998. The van der Waals surface area contributed by atoms with E-state index in [1.807, 2.05) is 6.07 Å². The molecule has 0 bridgehead atoms. The van der Waals surface area contributed by atoms with E-state index in [-0.39, 0.29) is 11.5 Å². The normalized spacial score (nSPS) is 8.95. The second-order valence-electron chi connectivity index (χ2n) is 3.50. The first-order chi connectivity index (χ1) is 9.18. The summed E-state index contributed by atoms with van der Waals surface area (Å²) in [6, 6.07) is 14.4. The number of carbonyl (C=O) groups excluding carboxylic acids is 1. The van der Waals surface area contributed by atoms with E-state index in [1.165, 1.54) is 24.3 Å². The Morgan fingerprint density at radius 1 is 0.895 bits per heavy atom. The van der Waals surface area contributed by atoms with E-state index in [4.69, 9.17) is 0 Å². The molecule has 2 rings (SSSR count). The summed E-state index contributed by atoms with van der Waals surface area (Å²) in [5.74, 6) is -0.138. The summed E-state index contributed by atoms with van der Waals surface area (Å²) in [6.45, 7) is 0. The molecule has 2 aromatic rings. The molecule has 0 saturated carbocycles. The van der Waals surface area contributed by atoms with Crippen LogP contribution in [-0.2, 0) is 0 Å². The van der Waals surface area contributed by atoms with Gasteiger partial charge in [0.1, 0.15) is 0 Å². The van der Waals surface area contributed by atoms with Gasteiger partial charge in [0.05, 0.1) is 4.92 Å². The zero-order valence-electron chi connectivity index (χ0n) is 10.0. The van der Waals surface area contributed by atoms with Crippen molar-refractivity contribution in [2.24, 2.45) is 0 Å². The summed E-state index contributed by atoms with van der Waals surface area (Å²) in [4.78, 5) is 21.9. The van der Waals surface area contributed by atoms with Crippen LogP contribution in [0.2, 0.25) is 0 Å². The molecule has 2 aromatic carbocycles. The summed E-state index contributed by atoms with van der Waals surface area (Å²) in [6.07, 6.45) is 8.00. The lowest BCUT2D eigenvalue weighted by molar-refractivity contribution is -0.384. The van der Waals surface area contributed by atoms with Crippen LogP contribution in [-0.4, -0.2) is 10.7 Å². The molecule has 0 amide bonds. The fraction of sp³-hybridized carbons (Fsp3) is 0. The molecule has 4 nitrogen and oxygen atoms in total. The molecule has 0 atom stereocenters. The highest BCUT2D eigenvalue weighted by Crippen LogP contribution is 2.15. The van der Waals surface area contributed by atoms with Crippen molar-refractivity contribution in [3.63, 3.8) is 0 Å². The second-order valence-corrected chi connectivity index (χ2v) is 3.50. The Kier molecular flexibility index (Phi) is 5.00. The Bertz CT molecular complexity index is 586. The van der Waals surface area contributed by atoms with Crippen LogP contribution in [0.1, 0.15) is 15.9 Å². The minimum absolute atomic E-state index is 0.0189. The van der Waals surface area contributed by atoms with Gasteiger partial charge in [-0.15, -0.1) is 12.8 Å². The summed E-state index contributed by atoms with van der Waals surface area (Å²) < 4.78 is 0. The van der Waals surface area contributed by atoms with Crippen molar-refractivity contribution in [2.75, 3.05) is 0 Å². The van der Waals surface area contributed by atoms with Gasteiger partial charge in [-0.2, -0.15) is 0 Å². The highest BCUT2D eigenvalue weighted by molar-refractivity contribution is 6.09. The molecule has 0 N–H and O–H groups in total. The van der Waals surface area contributed by atoms with Gasteiger partial charge in [-0.1, -0.05) is 30.3 Å². The van der Waals surface area contributed by atoms with Crippen LogP contribution in [0.25, 0.3) is 0 Å². The lowest BCUT2D eigenvalue weighted by Gasteiger charge is -2.00. The van der Waals surface area contributed by atoms with Gasteiger partial charge < -0.3 is 0 Å². The average Bonchev–Trinajstić information content (AvgIpc) is 2.49. The molecule has 0 aromatic heterocycles. The maximum Gasteiger partial charge on any atom is 0.269 e.